The molecule has 3 rings (SSSR count). The number of nitrogens with zero attached hydrogens (tertiary/aromatic N) is 2. The van der Waals surface area contributed by atoms with E-state index in [2.05, 4.69) is 45.8 Å². The Morgan fingerprint density at radius 1 is 1.32 bits per heavy atom. The van der Waals surface area contributed by atoms with Gasteiger partial charge >= 0.3 is 0 Å². The predicted molar refractivity (Wildman–Crippen MR) is 106 cm³/mol. The van der Waals surface area contributed by atoms with Gasteiger partial charge in [0.05, 0.1) is 0 Å². The molecule has 5 nitrogen and oxygen atoms in total. The largest absolute Gasteiger partial charge is 0.386 e. The van der Waals surface area contributed by atoms with Gasteiger partial charge in [-0.1, -0.05) is 18.2 Å². The Bertz CT molecular complexity index is 673. The molecule has 0 amide bonds. The molecular formula is C19H28N4OS. The number of aliphatic hydroxyl groups excluding tert-OH is 1. The first-order chi connectivity index (χ1) is 12.2. The fourth-order valence-electron chi connectivity index (χ4n) is 3.19. The quantitative estimate of drug-likeness (QED) is 0.566. The summed E-state index contributed by atoms with van der Waals surface area (Å²) in [6.07, 6.45) is 1.93. The monoisotopic (exact) mass is 360 g/mol. The molecule has 1 unspecified atom stereocenters. The molecule has 2 heterocycles. The molecule has 1 aliphatic rings. The van der Waals surface area contributed by atoms with Crippen molar-refractivity contribution < 1.29 is 5.11 Å². The molecular weight excluding hydrogens is 332 g/mol. The van der Waals surface area contributed by atoms with Crippen molar-refractivity contribution in [3.63, 3.8) is 0 Å². The minimum Gasteiger partial charge on any atom is -0.386 e. The summed E-state index contributed by atoms with van der Waals surface area (Å²) < 4.78 is 1.21. The molecule has 0 aliphatic carbocycles. The normalized spacial score (nSPS) is 18.4. The summed E-state index contributed by atoms with van der Waals surface area (Å²) in [7, 11) is 3.95. The lowest BCUT2D eigenvalue weighted by atomic mass is 9.97. The van der Waals surface area contributed by atoms with E-state index in [-0.39, 0.29) is 0 Å². The number of benzene rings is 1. The second-order valence-electron chi connectivity index (χ2n) is 6.78. The van der Waals surface area contributed by atoms with Gasteiger partial charge in [0.1, 0.15) is 6.10 Å². The zero-order valence-electron chi connectivity index (χ0n) is 15.0. The molecule has 0 radical (unpaired) electrons. The number of hydrogen-bond acceptors (Lipinski definition) is 4. The van der Waals surface area contributed by atoms with Crippen LogP contribution in [0.4, 0.5) is 0 Å². The van der Waals surface area contributed by atoms with E-state index >= 15 is 0 Å². The zero-order valence-corrected chi connectivity index (χ0v) is 15.9. The molecule has 1 atom stereocenters. The van der Waals surface area contributed by atoms with Crippen LogP contribution < -0.4 is 10.6 Å². The Hall–Kier alpha value is -1.63. The number of guanidine groups is 1. The topological polar surface area (TPSA) is 59.9 Å². The summed E-state index contributed by atoms with van der Waals surface area (Å²) in [4.78, 5) is 7.64. The van der Waals surface area contributed by atoms with E-state index in [0.717, 1.165) is 17.4 Å². The number of thiophene rings is 1. The average molecular weight is 361 g/mol. The molecule has 3 N–H and O–H groups in total. The summed E-state index contributed by atoms with van der Waals surface area (Å²) in [5.74, 6) is 1.46. The third kappa shape index (κ3) is 4.93. The molecule has 1 fully saturated rings. The van der Waals surface area contributed by atoms with Gasteiger partial charge in [0.15, 0.2) is 5.96 Å². The van der Waals surface area contributed by atoms with Gasteiger partial charge in [-0.3, -0.25) is 4.99 Å². The van der Waals surface area contributed by atoms with Crippen molar-refractivity contribution in [1.29, 1.82) is 0 Å². The van der Waals surface area contributed by atoms with Crippen molar-refractivity contribution in [1.82, 2.24) is 15.5 Å². The summed E-state index contributed by atoms with van der Waals surface area (Å²) >= 11 is 1.65. The fraction of sp³-hybridized carbons (Fsp3) is 0.526. The van der Waals surface area contributed by atoms with Crippen LogP contribution in [0.5, 0.6) is 0 Å². The third-order valence-corrected chi connectivity index (χ3v) is 6.07. The number of likely N-dealkylation sites (tertiary alicyclic amines) is 1. The van der Waals surface area contributed by atoms with Gasteiger partial charge in [-0.2, -0.15) is 0 Å². The number of hydrogen-bond donors (Lipinski definition) is 3. The van der Waals surface area contributed by atoms with Crippen molar-refractivity contribution in [2.24, 2.45) is 10.9 Å². The molecule has 1 aliphatic heterocycles. The van der Waals surface area contributed by atoms with Crippen LogP contribution in [0, 0.1) is 5.92 Å². The van der Waals surface area contributed by atoms with Gasteiger partial charge in [0.25, 0.3) is 0 Å². The Morgan fingerprint density at radius 3 is 2.80 bits per heavy atom. The van der Waals surface area contributed by atoms with E-state index in [0.29, 0.717) is 12.5 Å². The maximum absolute atomic E-state index is 10.5. The predicted octanol–water partition coefficient (Wildman–Crippen LogP) is 2.44. The minimum absolute atomic E-state index is 0.458. The highest BCUT2D eigenvalue weighted by Gasteiger charge is 2.17. The van der Waals surface area contributed by atoms with E-state index in [9.17, 15) is 5.11 Å². The second-order valence-corrected chi connectivity index (χ2v) is 7.90. The summed E-state index contributed by atoms with van der Waals surface area (Å²) in [6, 6.07) is 10.3. The van der Waals surface area contributed by atoms with Crippen molar-refractivity contribution in [2.75, 3.05) is 40.3 Å². The third-order valence-electron chi connectivity index (χ3n) is 4.86. The van der Waals surface area contributed by atoms with Crippen LogP contribution in [-0.4, -0.2) is 56.2 Å². The van der Waals surface area contributed by atoms with E-state index in [1.807, 2.05) is 12.1 Å². The van der Waals surface area contributed by atoms with Gasteiger partial charge in [0, 0.05) is 29.7 Å². The molecule has 0 saturated carbocycles. The maximum atomic E-state index is 10.5. The van der Waals surface area contributed by atoms with Crippen LogP contribution in [0.25, 0.3) is 10.1 Å². The molecule has 25 heavy (non-hydrogen) atoms. The minimum atomic E-state index is -0.528. The number of aliphatic imine (C=N–C) groups is 1. The molecule has 0 bridgehead atoms. The van der Waals surface area contributed by atoms with Crippen molar-refractivity contribution in [2.45, 2.75) is 18.9 Å². The van der Waals surface area contributed by atoms with E-state index < -0.39 is 6.10 Å². The lowest BCUT2D eigenvalue weighted by Gasteiger charge is -2.29. The van der Waals surface area contributed by atoms with E-state index in [1.54, 1.807) is 18.4 Å². The molecule has 6 heteroatoms. The number of piperidine rings is 1. The molecule has 2 aromatic rings. The molecule has 136 valence electrons. The maximum Gasteiger partial charge on any atom is 0.191 e. The average Bonchev–Trinajstić information content (AvgIpc) is 3.07. The SMILES string of the molecule is CN=C(NCC1CCN(C)CC1)NCC(O)c1cc2ccccc2s1. The fourth-order valence-corrected chi connectivity index (χ4v) is 4.24. The van der Waals surface area contributed by atoms with Crippen LogP contribution in [0.1, 0.15) is 23.8 Å². The molecule has 0 spiro atoms. The number of rotatable bonds is 5. The summed E-state index contributed by atoms with van der Waals surface area (Å²) in [5, 5.41) is 18.3. The van der Waals surface area contributed by atoms with E-state index in [1.165, 1.54) is 36.0 Å². The lowest BCUT2D eigenvalue weighted by Crippen LogP contribution is -2.43. The standard InChI is InChI=1S/C19H28N4OS/c1-20-19(21-12-14-7-9-23(2)10-8-14)22-13-16(24)18-11-15-5-3-4-6-17(15)25-18/h3-6,11,14,16,24H,7-10,12-13H2,1-2H3,(H2,20,21,22). The van der Waals surface area contributed by atoms with Gasteiger partial charge in [-0.05, 0) is 56.4 Å². The Morgan fingerprint density at radius 2 is 2.08 bits per heavy atom. The van der Waals surface area contributed by atoms with Crippen LogP contribution in [0.2, 0.25) is 0 Å². The van der Waals surface area contributed by atoms with Crippen molar-refractivity contribution in [3.8, 4) is 0 Å². The second kappa shape index (κ2) is 8.65. The molecule has 1 aromatic carbocycles. The number of fused-ring (bicyclic) bond motifs is 1. The summed E-state index contributed by atoms with van der Waals surface area (Å²) in [5.41, 5.74) is 0. The Balaban J connectivity index is 1.47. The van der Waals surface area contributed by atoms with Crippen molar-refractivity contribution in [3.05, 3.63) is 35.2 Å². The Kier molecular flexibility index (Phi) is 6.29. The highest BCUT2D eigenvalue weighted by molar-refractivity contribution is 7.19. The summed E-state index contributed by atoms with van der Waals surface area (Å²) in [6.45, 7) is 3.73. The Labute approximate surface area is 153 Å². The highest BCUT2D eigenvalue weighted by atomic mass is 32.1. The molecule has 1 aromatic heterocycles. The zero-order chi connectivity index (χ0) is 17.6. The van der Waals surface area contributed by atoms with Gasteiger partial charge in [-0.15, -0.1) is 11.3 Å². The van der Waals surface area contributed by atoms with Crippen LogP contribution in [-0.2, 0) is 0 Å². The van der Waals surface area contributed by atoms with E-state index in [4.69, 9.17) is 0 Å². The lowest BCUT2D eigenvalue weighted by molar-refractivity contribution is 0.184. The van der Waals surface area contributed by atoms with Crippen LogP contribution >= 0.6 is 11.3 Å². The van der Waals surface area contributed by atoms with Crippen molar-refractivity contribution >= 4 is 27.4 Å². The first-order valence-corrected chi connectivity index (χ1v) is 9.77. The number of aliphatic hydroxyl groups is 1. The van der Waals surface area contributed by atoms with Crippen LogP contribution in [0.3, 0.4) is 0 Å². The highest BCUT2D eigenvalue weighted by Crippen LogP contribution is 2.29. The first kappa shape index (κ1) is 18.2. The molecule has 1 saturated heterocycles. The number of nitrogens with one attached hydrogen (secondary N) is 2. The van der Waals surface area contributed by atoms with Gasteiger partial charge < -0.3 is 20.6 Å². The van der Waals surface area contributed by atoms with Gasteiger partial charge in [0.2, 0.25) is 0 Å². The van der Waals surface area contributed by atoms with Crippen LogP contribution in [0.15, 0.2) is 35.3 Å². The smallest absolute Gasteiger partial charge is 0.191 e. The van der Waals surface area contributed by atoms with Gasteiger partial charge in [-0.25, -0.2) is 0 Å². The first-order valence-electron chi connectivity index (χ1n) is 8.95.